The predicted octanol–water partition coefficient (Wildman–Crippen LogP) is 4.53. The number of aryl methyl sites for hydroxylation is 1. The van der Waals surface area contributed by atoms with Gasteiger partial charge in [0.1, 0.15) is 11.6 Å². The van der Waals surface area contributed by atoms with Crippen LogP contribution in [0.1, 0.15) is 18.2 Å². The highest BCUT2D eigenvalue weighted by atomic mass is 19.1. The highest BCUT2D eigenvalue weighted by Crippen LogP contribution is 2.23. The summed E-state index contributed by atoms with van der Waals surface area (Å²) in [7, 11) is 0. The van der Waals surface area contributed by atoms with Crippen LogP contribution in [0.2, 0.25) is 0 Å². The van der Waals surface area contributed by atoms with Gasteiger partial charge in [0.05, 0.1) is 0 Å². The van der Waals surface area contributed by atoms with E-state index in [1.54, 1.807) is 12.1 Å². The normalized spacial score (nSPS) is 11.2. The average molecular weight is 271 g/mol. The molecule has 3 aromatic rings. The Morgan fingerprint density at radius 1 is 0.950 bits per heavy atom. The minimum atomic E-state index is -0.233. The van der Waals surface area contributed by atoms with Gasteiger partial charge in [-0.1, -0.05) is 19.1 Å². The van der Waals surface area contributed by atoms with E-state index in [4.69, 9.17) is 0 Å². The maximum atomic E-state index is 13.3. The van der Waals surface area contributed by atoms with E-state index in [0.29, 0.717) is 6.54 Å². The van der Waals surface area contributed by atoms with Gasteiger partial charge in [0.25, 0.3) is 0 Å². The van der Waals surface area contributed by atoms with Crippen molar-refractivity contribution >= 4 is 10.9 Å². The van der Waals surface area contributed by atoms with Crippen molar-refractivity contribution in [3.05, 3.63) is 71.4 Å². The van der Waals surface area contributed by atoms with Gasteiger partial charge >= 0.3 is 0 Å². The Kier molecular flexibility index (Phi) is 3.26. The van der Waals surface area contributed by atoms with Gasteiger partial charge in [0.2, 0.25) is 0 Å². The maximum Gasteiger partial charge on any atom is 0.123 e. The number of halogens is 2. The van der Waals surface area contributed by atoms with Crippen molar-refractivity contribution in [2.75, 3.05) is 0 Å². The van der Waals surface area contributed by atoms with Crippen LogP contribution in [0.5, 0.6) is 0 Å². The zero-order valence-corrected chi connectivity index (χ0v) is 11.2. The van der Waals surface area contributed by atoms with E-state index in [1.165, 1.54) is 24.3 Å². The Morgan fingerprint density at radius 2 is 1.75 bits per heavy atom. The van der Waals surface area contributed by atoms with E-state index in [2.05, 4.69) is 11.5 Å². The quantitative estimate of drug-likeness (QED) is 0.659. The van der Waals surface area contributed by atoms with Crippen LogP contribution < -0.4 is 0 Å². The Morgan fingerprint density at radius 3 is 2.50 bits per heavy atom. The fourth-order valence-electron chi connectivity index (χ4n) is 2.60. The molecule has 0 N–H and O–H groups in total. The summed E-state index contributed by atoms with van der Waals surface area (Å²) in [5.74, 6) is -0.467. The molecule has 102 valence electrons. The third-order valence-electron chi connectivity index (χ3n) is 3.54. The first kappa shape index (κ1) is 12.9. The molecule has 0 amide bonds. The summed E-state index contributed by atoms with van der Waals surface area (Å²) in [4.78, 5) is 0. The molecule has 1 nitrogen and oxygen atoms in total. The highest BCUT2D eigenvalue weighted by molar-refractivity contribution is 5.81. The van der Waals surface area contributed by atoms with Crippen molar-refractivity contribution in [3.63, 3.8) is 0 Å². The monoisotopic (exact) mass is 271 g/mol. The van der Waals surface area contributed by atoms with Crippen molar-refractivity contribution < 1.29 is 8.78 Å². The molecule has 3 heteroatoms. The average Bonchev–Trinajstić information content (AvgIpc) is 2.76. The molecular formula is C17H15F2N. The standard InChI is InChI=1S/C17H15F2N/c1-2-16-10-13-9-15(19)6-7-17(13)20(16)11-12-4-3-5-14(18)8-12/h3-10H,2,11H2,1H3. The largest absolute Gasteiger partial charge is 0.340 e. The number of nitrogens with zero attached hydrogens (tertiary/aromatic N) is 1. The lowest BCUT2D eigenvalue weighted by atomic mass is 10.2. The number of hydrogen-bond acceptors (Lipinski definition) is 0. The summed E-state index contributed by atoms with van der Waals surface area (Å²) in [6.07, 6.45) is 0.853. The molecule has 0 radical (unpaired) electrons. The second kappa shape index (κ2) is 5.08. The predicted molar refractivity (Wildman–Crippen MR) is 76.8 cm³/mol. The van der Waals surface area contributed by atoms with Gasteiger partial charge in [-0.3, -0.25) is 0 Å². The molecule has 20 heavy (non-hydrogen) atoms. The van der Waals surface area contributed by atoms with Crippen molar-refractivity contribution in [2.45, 2.75) is 19.9 Å². The van der Waals surface area contributed by atoms with Crippen LogP contribution in [0.15, 0.2) is 48.5 Å². The molecule has 0 saturated carbocycles. The Bertz CT molecular complexity index is 759. The minimum absolute atomic E-state index is 0.233. The van der Waals surface area contributed by atoms with Crippen LogP contribution in [0.4, 0.5) is 8.78 Å². The molecule has 1 aromatic heterocycles. The van der Waals surface area contributed by atoms with E-state index in [1.807, 2.05) is 12.1 Å². The number of aromatic nitrogens is 1. The molecule has 0 bridgehead atoms. The van der Waals surface area contributed by atoms with Crippen molar-refractivity contribution in [1.82, 2.24) is 4.57 Å². The number of benzene rings is 2. The second-order valence-corrected chi connectivity index (χ2v) is 4.91. The number of fused-ring (bicyclic) bond motifs is 1. The molecule has 0 saturated heterocycles. The van der Waals surface area contributed by atoms with Gasteiger partial charge in [-0.25, -0.2) is 8.78 Å². The van der Waals surface area contributed by atoms with Gasteiger partial charge in [-0.15, -0.1) is 0 Å². The SMILES string of the molecule is CCc1cc2cc(F)ccc2n1Cc1cccc(F)c1. The second-order valence-electron chi connectivity index (χ2n) is 4.91. The topological polar surface area (TPSA) is 4.93 Å². The zero-order chi connectivity index (χ0) is 14.1. The zero-order valence-electron chi connectivity index (χ0n) is 11.2. The molecule has 0 aliphatic carbocycles. The summed E-state index contributed by atoms with van der Waals surface area (Å²) in [6.45, 7) is 2.66. The van der Waals surface area contributed by atoms with E-state index >= 15 is 0 Å². The summed E-state index contributed by atoms with van der Waals surface area (Å²) in [5, 5.41) is 0.887. The molecule has 0 atom stereocenters. The van der Waals surface area contributed by atoms with Gasteiger partial charge in [-0.05, 0) is 48.4 Å². The smallest absolute Gasteiger partial charge is 0.123 e. The first-order valence-corrected chi connectivity index (χ1v) is 6.69. The van der Waals surface area contributed by atoms with E-state index in [9.17, 15) is 8.78 Å². The van der Waals surface area contributed by atoms with Gasteiger partial charge in [0, 0.05) is 23.1 Å². The van der Waals surface area contributed by atoms with Crippen LogP contribution in [-0.4, -0.2) is 4.57 Å². The first-order valence-electron chi connectivity index (χ1n) is 6.69. The molecule has 3 rings (SSSR count). The minimum Gasteiger partial charge on any atom is -0.340 e. The number of rotatable bonds is 3. The summed E-state index contributed by atoms with van der Waals surface area (Å²) < 4.78 is 28.7. The fourth-order valence-corrected chi connectivity index (χ4v) is 2.60. The van der Waals surface area contributed by atoms with E-state index in [-0.39, 0.29) is 11.6 Å². The molecule has 0 aliphatic rings. The summed E-state index contributed by atoms with van der Waals surface area (Å²) in [6, 6.07) is 13.4. The van der Waals surface area contributed by atoms with Crippen molar-refractivity contribution in [2.24, 2.45) is 0 Å². The van der Waals surface area contributed by atoms with Gasteiger partial charge < -0.3 is 4.57 Å². The molecule has 0 spiro atoms. The van der Waals surface area contributed by atoms with Crippen LogP contribution in [0.3, 0.4) is 0 Å². The van der Waals surface area contributed by atoms with Gasteiger partial charge in [-0.2, -0.15) is 0 Å². The fraction of sp³-hybridized carbons (Fsp3) is 0.176. The Hall–Kier alpha value is -2.16. The van der Waals surface area contributed by atoms with Crippen LogP contribution in [0, 0.1) is 11.6 Å². The summed E-state index contributed by atoms with van der Waals surface area (Å²) in [5.41, 5.74) is 3.00. The molecular weight excluding hydrogens is 256 g/mol. The van der Waals surface area contributed by atoms with Crippen molar-refractivity contribution in [1.29, 1.82) is 0 Å². The Balaban J connectivity index is 2.10. The van der Waals surface area contributed by atoms with Gasteiger partial charge in [0.15, 0.2) is 0 Å². The molecule has 1 heterocycles. The lowest BCUT2D eigenvalue weighted by molar-refractivity contribution is 0.623. The van der Waals surface area contributed by atoms with E-state index in [0.717, 1.165) is 28.6 Å². The highest BCUT2D eigenvalue weighted by Gasteiger charge is 2.09. The van der Waals surface area contributed by atoms with Crippen molar-refractivity contribution in [3.8, 4) is 0 Å². The number of hydrogen-bond donors (Lipinski definition) is 0. The van der Waals surface area contributed by atoms with Crippen LogP contribution >= 0.6 is 0 Å². The molecule has 0 aliphatic heterocycles. The van der Waals surface area contributed by atoms with Crippen LogP contribution in [0.25, 0.3) is 10.9 Å². The molecule has 0 unspecified atom stereocenters. The van der Waals surface area contributed by atoms with Crippen LogP contribution in [-0.2, 0) is 13.0 Å². The van der Waals surface area contributed by atoms with E-state index < -0.39 is 0 Å². The summed E-state index contributed by atoms with van der Waals surface area (Å²) >= 11 is 0. The first-order chi connectivity index (χ1) is 9.67. The third-order valence-corrected chi connectivity index (χ3v) is 3.54. The lowest BCUT2D eigenvalue weighted by Gasteiger charge is -2.10. The third kappa shape index (κ3) is 2.31. The molecule has 2 aromatic carbocycles. The Labute approximate surface area is 116 Å². The lowest BCUT2D eigenvalue weighted by Crippen LogP contribution is -2.03. The molecule has 0 fully saturated rings. The maximum absolute atomic E-state index is 13.3.